The lowest BCUT2D eigenvalue weighted by Gasteiger charge is -2.14. The Balaban J connectivity index is 2.79. The number of halogens is 1. The van der Waals surface area contributed by atoms with Crippen LogP contribution in [0.5, 0.6) is 0 Å². The van der Waals surface area contributed by atoms with Crippen LogP contribution in [-0.4, -0.2) is 48.4 Å². The smallest absolute Gasteiger partial charge is 0.326 e. The minimum atomic E-state index is -3.30. The first-order chi connectivity index (χ1) is 9.20. The number of carbonyl (C=O) groups is 2. The van der Waals surface area contributed by atoms with Gasteiger partial charge in [-0.05, 0) is 34.5 Å². The van der Waals surface area contributed by atoms with E-state index in [1.165, 1.54) is 6.20 Å². The van der Waals surface area contributed by atoms with Gasteiger partial charge in [-0.3, -0.25) is 4.79 Å². The van der Waals surface area contributed by atoms with Gasteiger partial charge in [0.2, 0.25) is 0 Å². The van der Waals surface area contributed by atoms with Gasteiger partial charge in [-0.25, -0.2) is 18.2 Å². The SMILES string of the molecule is CS(=O)(=O)CCC(NC(=O)c1ncccc1Br)C(=O)O. The number of hydrogen-bond donors (Lipinski definition) is 2. The fourth-order valence-electron chi connectivity index (χ4n) is 1.37. The molecule has 0 saturated heterocycles. The summed E-state index contributed by atoms with van der Waals surface area (Å²) >= 11 is 3.13. The molecule has 1 heterocycles. The number of nitrogens with one attached hydrogen (secondary N) is 1. The summed E-state index contributed by atoms with van der Waals surface area (Å²) in [5.74, 6) is -2.30. The molecule has 0 aliphatic rings. The molecule has 7 nitrogen and oxygen atoms in total. The van der Waals surface area contributed by atoms with Crippen molar-refractivity contribution in [2.24, 2.45) is 0 Å². The maximum absolute atomic E-state index is 11.9. The van der Waals surface area contributed by atoms with E-state index in [0.29, 0.717) is 4.47 Å². The number of nitrogens with zero attached hydrogens (tertiary/aromatic N) is 1. The van der Waals surface area contributed by atoms with E-state index in [1.54, 1.807) is 12.1 Å². The Bertz CT molecular complexity index is 617. The highest BCUT2D eigenvalue weighted by molar-refractivity contribution is 9.10. The quantitative estimate of drug-likeness (QED) is 0.757. The van der Waals surface area contributed by atoms with Gasteiger partial charge in [-0.2, -0.15) is 0 Å². The van der Waals surface area contributed by atoms with Gasteiger partial charge in [0, 0.05) is 16.9 Å². The third kappa shape index (κ3) is 5.25. The molecule has 0 radical (unpaired) electrons. The predicted octanol–water partition coefficient (Wildman–Crippen LogP) is 0.462. The van der Waals surface area contributed by atoms with Crippen LogP contribution >= 0.6 is 15.9 Å². The molecule has 0 aromatic carbocycles. The van der Waals surface area contributed by atoms with Crippen molar-refractivity contribution in [3.63, 3.8) is 0 Å². The molecule has 20 heavy (non-hydrogen) atoms. The lowest BCUT2D eigenvalue weighted by atomic mass is 10.2. The second kappa shape index (κ2) is 6.80. The monoisotopic (exact) mass is 364 g/mol. The van der Waals surface area contributed by atoms with Crippen LogP contribution in [0.3, 0.4) is 0 Å². The van der Waals surface area contributed by atoms with Crippen LogP contribution in [0.4, 0.5) is 0 Å². The fraction of sp³-hybridized carbons (Fsp3) is 0.364. The minimum absolute atomic E-state index is 0.0399. The summed E-state index contributed by atoms with van der Waals surface area (Å²) in [6, 6.07) is 1.92. The molecule has 0 aliphatic heterocycles. The second-order valence-corrected chi connectivity index (χ2v) is 7.23. The van der Waals surface area contributed by atoms with Crippen molar-refractivity contribution in [3.8, 4) is 0 Å². The van der Waals surface area contributed by atoms with Gasteiger partial charge < -0.3 is 10.4 Å². The van der Waals surface area contributed by atoms with Gasteiger partial charge in [0.25, 0.3) is 5.91 Å². The highest BCUT2D eigenvalue weighted by Crippen LogP contribution is 2.13. The largest absolute Gasteiger partial charge is 0.480 e. The fourth-order valence-corrected chi connectivity index (χ4v) is 2.47. The molecule has 110 valence electrons. The van der Waals surface area contributed by atoms with Crippen molar-refractivity contribution in [1.29, 1.82) is 0 Å². The summed E-state index contributed by atoms with van der Waals surface area (Å²) in [7, 11) is -3.30. The van der Waals surface area contributed by atoms with Crippen LogP contribution in [0.25, 0.3) is 0 Å². The van der Waals surface area contributed by atoms with E-state index in [9.17, 15) is 18.0 Å². The number of amides is 1. The summed E-state index contributed by atoms with van der Waals surface area (Å²) in [5.41, 5.74) is 0.0399. The summed E-state index contributed by atoms with van der Waals surface area (Å²) in [5, 5.41) is 11.2. The predicted molar refractivity (Wildman–Crippen MR) is 75.2 cm³/mol. The summed E-state index contributed by atoms with van der Waals surface area (Å²) in [6.07, 6.45) is 2.19. The van der Waals surface area contributed by atoms with E-state index in [4.69, 9.17) is 5.11 Å². The van der Waals surface area contributed by atoms with Crippen molar-refractivity contribution in [2.75, 3.05) is 12.0 Å². The Labute approximate surface area is 124 Å². The number of aromatic nitrogens is 1. The van der Waals surface area contributed by atoms with E-state index in [-0.39, 0.29) is 17.9 Å². The number of carboxylic acids is 1. The van der Waals surface area contributed by atoms with Crippen LogP contribution in [0.1, 0.15) is 16.9 Å². The molecule has 1 amide bonds. The van der Waals surface area contributed by atoms with Crippen molar-refractivity contribution in [3.05, 3.63) is 28.5 Å². The van der Waals surface area contributed by atoms with E-state index < -0.39 is 27.8 Å². The first-order valence-corrected chi connectivity index (χ1v) is 8.38. The average Bonchev–Trinajstić information content (AvgIpc) is 2.33. The number of carboxylic acid groups (broad SMARTS) is 1. The van der Waals surface area contributed by atoms with E-state index in [2.05, 4.69) is 26.2 Å². The topological polar surface area (TPSA) is 113 Å². The molecule has 0 aliphatic carbocycles. The van der Waals surface area contributed by atoms with Crippen LogP contribution in [0.15, 0.2) is 22.8 Å². The zero-order valence-electron chi connectivity index (χ0n) is 10.5. The van der Waals surface area contributed by atoms with Crippen molar-refractivity contribution < 1.29 is 23.1 Å². The Hall–Kier alpha value is -1.48. The molecule has 0 spiro atoms. The molecule has 1 rings (SSSR count). The molecular formula is C11H13BrN2O5S. The third-order valence-electron chi connectivity index (χ3n) is 2.35. The second-order valence-electron chi connectivity index (χ2n) is 4.12. The van der Waals surface area contributed by atoms with E-state index in [1.807, 2.05) is 0 Å². The summed E-state index contributed by atoms with van der Waals surface area (Å²) in [4.78, 5) is 26.7. The molecule has 1 unspecified atom stereocenters. The normalized spacial score (nSPS) is 12.7. The molecule has 0 bridgehead atoms. The van der Waals surface area contributed by atoms with Crippen LogP contribution in [0.2, 0.25) is 0 Å². The first-order valence-electron chi connectivity index (χ1n) is 5.52. The van der Waals surface area contributed by atoms with Crippen LogP contribution < -0.4 is 5.32 Å². The summed E-state index contributed by atoms with van der Waals surface area (Å²) in [6.45, 7) is 0. The molecular weight excluding hydrogens is 352 g/mol. The Kier molecular flexibility index (Phi) is 5.63. The van der Waals surface area contributed by atoms with Gasteiger partial charge in [0.15, 0.2) is 0 Å². The zero-order chi connectivity index (χ0) is 15.3. The maximum atomic E-state index is 11.9. The number of carbonyl (C=O) groups excluding carboxylic acids is 1. The van der Waals surface area contributed by atoms with Gasteiger partial charge in [0.1, 0.15) is 21.6 Å². The maximum Gasteiger partial charge on any atom is 0.326 e. The van der Waals surface area contributed by atoms with Crippen molar-refractivity contribution in [1.82, 2.24) is 10.3 Å². The molecule has 0 saturated carbocycles. The summed E-state index contributed by atoms with van der Waals surface area (Å²) < 4.78 is 22.5. The Morgan fingerprint density at radius 1 is 1.50 bits per heavy atom. The Morgan fingerprint density at radius 3 is 2.65 bits per heavy atom. The molecule has 9 heteroatoms. The number of sulfone groups is 1. The van der Waals surface area contributed by atoms with E-state index >= 15 is 0 Å². The molecule has 1 aromatic rings. The number of aliphatic carboxylic acids is 1. The Morgan fingerprint density at radius 2 is 2.15 bits per heavy atom. The molecule has 2 N–H and O–H groups in total. The highest BCUT2D eigenvalue weighted by Gasteiger charge is 2.23. The van der Waals surface area contributed by atoms with Crippen LogP contribution in [0, 0.1) is 0 Å². The number of rotatable bonds is 6. The zero-order valence-corrected chi connectivity index (χ0v) is 12.9. The van der Waals surface area contributed by atoms with Gasteiger partial charge in [0.05, 0.1) is 5.75 Å². The van der Waals surface area contributed by atoms with Crippen LogP contribution in [-0.2, 0) is 14.6 Å². The standard InChI is InChI=1S/C11H13BrN2O5S/c1-20(18,19)6-4-8(11(16)17)14-10(15)9-7(12)3-2-5-13-9/h2-3,5,8H,4,6H2,1H3,(H,14,15)(H,16,17). The van der Waals surface area contributed by atoms with Crippen molar-refractivity contribution in [2.45, 2.75) is 12.5 Å². The third-order valence-corrected chi connectivity index (χ3v) is 3.97. The average molecular weight is 365 g/mol. The van der Waals surface area contributed by atoms with Crippen molar-refractivity contribution >= 4 is 37.6 Å². The number of pyridine rings is 1. The van der Waals surface area contributed by atoms with E-state index in [0.717, 1.165) is 6.26 Å². The lowest BCUT2D eigenvalue weighted by molar-refractivity contribution is -0.139. The highest BCUT2D eigenvalue weighted by atomic mass is 79.9. The van der Waals surface area contributed by atoms with Gasteiger partial charge >= 0.3 is 5.97 Å². The number of hydrogen-bond acceptors (Lipinski definition) is 5. The molecule has 0 fully saturated rings. The first kappa shape index (κ1) is 16.6. The lowest BCUT2D eigenvalue weighted by Crippen LogP contribution is -2.42. The van der Waals surface area contributed by atoms with Gasteiger partial charge in [-0.15, -0.1) is 0 Å². The minimum Gasteiger partial charge on any atom is -0.480 e. The molecule has 1 aromatic heterocycles. The van der Waals surface area contributed by atoms with Gasteiger partial charge in [-0.1, -0.05) is 0 Å². The molecule has 1 atom stereocenters.